The zero-order valence-corrected chi connectivity index (χ0v) is 7.61. The molecule has 0 spiro atoms. The van der Waals surface area contributed by atoms with E-state index in [-0.39, 0.29) is 22.7 Å². The number of rotatable bonds is 2. The van der Waals surface area contributed by atoms with Gasteiger partial charge in [-0.15, -0.1) is 0 Å². The summed E-state index contributed by atoms with van der Waals surface area (Å²) in [5, 5.41) is 0.0729. The van der Waals surface area contributed by atoms with Crippen LogP contribution in [0.1, 0.15) is 20.3 Å². The summed E-state index contributed by atoms with van der Waals surface area (Å²) in [4.78, 5) is 22.4. The Kier molecular flexibility index (Phi) is 2.71. The molecule has 1 rings (SSSR count). The molecule has 1 atom stereocenters. The first-order valence-corrected chi connectivity index (χ1v) is 4.82. The van der Waals surface area contributed by atoms with Gasteiger partial charge in [0.2, 0.25) is 0 Å². The fourth-order valence-electron chi connectivity index (χ4n) is 1.16. The van der Waals surface area contributed by atoms with Crippen molar-refractivity contribution >= 4 is 22.7 Å². The molecule has 1 unspecified atom stereocenters. The Bertz CT molecular complexity index is 187. The van der Waals surface area contributed by atoms with Gasteiger partial charge in [-0.25, -0.2) is 0 Å². The molecule has 0 radical (unpaired) electrons. The minimum atomic E-state index is -0.292. The normalized spacial score (nSPS) is 24.6. The smallest absolute Gasteiger partial charge is 0.199 e. The first-order valence-electron chi connectivity index (χ1n) is 3.83. The highest BCUT2D eigenvalue weighted by atomic mass is 32.2. The largest absolute Gasteiger partial charge is 0.299 e. The van der Waals surface area contributed by atoms with E-state index in [0.29, 0.717) is 0 Å². The number of ketones is 1. The average Bonchev–Trinajstić information content (AvgIpc) is 2.33. The molecule has 0 saturated carbocycles. The van der Waals surface area contributed by atoms with Gasteiger partial charge in [0.25, 0.3) is 0 Å². The maximum Gasteiger partial charge on any atom is 0.199 e. The zero-order valence-electron chi connectivity index (χ0n) is 6.79. The van der Waals surface area contributed by atoms with Crippen LogP contribution in [0.2, 0.25) is 0 Å². The van der Waals surface area contributed by atoms with Crippen molar-refractivity contribution in [3.05, 3.63) is 0 Å². The molecule has 11 heavy (non-hydrogen) atoms. The molecule has 0 aromatic carbocycles. The van der Waals surface area contributed by atoms with Crippen molar-refractivity contribution in [3.8, 4) is 0 Å². The van der Waals surface area contributed by atoms with Crippen molar-refractivity contribution in [2.24, 2.45) is 11.8 Å². The van der Waals surface area contributed by atoms with E-state index >= 15 is 0 Å². The summed E-state index contributed by atoms with van der Waals surface area (Å²) in [6, 6.07) is 0. The fourth-order valence-corrected chi connectivity index (χ4v) is 2.15. The highest BCUT2D eigenvalue weighted by molar-refractivity contribution is 8.14. The Morgan fingerprint density at radius 3 is 2.64 bits per heavy atom. The van der Waals surface area contributed by atoms with Crippen LogP contribution in [0, 0.1) is 11.8 Å². The number of carbonyl (C=O) groups excluding carboxylic acids is 2. The van der Waals surface area contributed by atoms with Crippen LogP contribution in [0.4, 0.5) is 0 Å². The van der Waals surface area contributed by atoms with Gasteiger partial charge in [0.05, 0.1) is 5.92 Å². The third-order valence-corrected chi connectivity index (χ3v) is 2.86. The minimum absolute atomic E-state index is 0.00245. The lowest BCUT2D eigenvalue weighted by Gasteiger charge is -2.07. The maximum atomic E-state index is 11.3. The van der Waals surface area contributed by atoms with Gasteiger partial charge in [-0.05, 0) is 6.42 Å². The Morgan fingerprint density at radius 1 is 1.64 bits per heavy atom. The van der Waals surface area contributed by atoms with E-state index < -0.39 is 0 Å². The summed E-state index contributed by atoms with van der Waals surface area (Å²) in [5.41, 5.74) is 0. The van der Waals surface area contributed by atoms with Crippen LogP contribution in [-0.2, 0) is 9.59 Å². The zero-order chi connectivity index (χ0) is 8.43. The van der Waals surface area contributed by atoms with Crippen LogP contribution in [-0.4, -0.2) is 16.7 Å². The topological polar surface area (TPSA) is 34.1 Å². The van der Waals surface area contributed by atoms with E-state index in [2.05, 4.69) is 0 Å². The van der Waals surface area contributed by atoms with Crippen molar-refractivity contribution in [1.29, 1.82) is 0 Å². The predicted molar refractivity (Wildman–Crippen MR) is 45.4 cm³/mol. The lowest BCUT2D eigenvalue weighted by atomic mass is 9.94. The van der Waals surface area contributed by atoms with Gasteiger partial charge in [-0.1, -0.05) is 25.6 Å². The van der Waals surface area contributed by atoms with Gasteiger partial charge in [0, 0.05) is 11.7 Å². The second kappa shape index (κ2) is 3.39. The molecule has 62 valence electrons. The van der Waals surface area contributed by atoms with E-state index in [1.807, 2.05) is 13.8 Å². The molecule has 1 saturated heterocycles. The molecule has 2 nitrogen and oxygen atoms in total. The second-order valence-corrected chi connectivity index (χ2v) is 4.17. The molecule has 0 N–H and O–H groups in total. The third-order valence-electron chi connectivity index (χ3n) is 1.85. The highest BCUT2D eigenvalue weighted by Gasteiger charge is 2.32. The minimum Gasteiger partial charge on any atom is -0.299 e. The number of carbonyl (C=O) groups is 2. The van der Waals surface area contributed by atoms with Crippen molar-refractivity contribution in [3.63, 3.8) is 0 Å². The van der Waals surface area contributed by atoms with Gasteiger partial charge in [-0.2, -0.15) is 0 Å². The molecule has 0 aromatic rings. The average molecular weight is 172 g/mol. The molecule has 1 heterocycles. The Balaban J connectivity index is 2.60. The van der Waals surface area contributed by atoms with Crippen molar-refractivity contribution in [2.45, 2.75) is 20.3 Å². The molecular weight excluding hydrogens is 160 g/mol. The van der Waals surface area contributed by atoms with Gasteiger partial charge < -0.3 is 0 Å². The summed E-state index contributed by atoms with van der Waals surface area (Å²) < 4.78 is 0. The van der Waals surface area contributed by atoms with Crippen molar-refractivity contribution in [2.75, 3.05) is 5.75 Å². The van der Waals surface area contributed by atoms with E-state index in [0.717, 1.165) is 12.2 Å². The van der Waals surface area contributed by atoms with Crippen LogP contribution in [0.3, 0.4) is 0 Å². The standard InChI is InChI=1S/C8H12O2S/c1-5(2)7(9)6-3-4-11-8(6)10/h5-6H,3-4H2,1-2H3. The van der Waals surface area contributed by atoms with E-state index in [4.69, 9.17) is 0 Å². The molecule has 3 heteroatoms. The summed E-state index contributed by atoms with van der Waals surface area (Å²) >= 11 is 1.29. The van der Waals surface area contributed by atoms with E-state index in [1.165, 1.54) is 11.8 Å². The molecule has 0 aliphatic carbocycles. The number of hydrogen-bond donors (Lipinski definition) is 0. The first-order chi connectivity index (χ1) is 5.13. The van der Waals surface area contributed by atoms with Crippen LogP contribution in [0.25, 0.3) is 0 Å². The van der Waals surface area contributed by atoms with Crippen molar-refractivity contribution in [1.82, 2.24) is 0 Å². The van der Waals surface area contributed by atoms with Crippen LogP contribution in [0.15, 0.2) is 0 Å². The molecule has 0 aromatic heterocycles. The predicted octanol–water partition coefficient (Wildman–Crippen LogP) is 1.49. The van der Waals surface area contributed by atoms with Crippen LogP contribution >= 0.6 is 11.8 Å². The number of thioether (sulfide) groups is 1. The Labute approximate surface area is 70.7 Å². The molecular formula is C8H12O2S. The summed E-state index contributed by atoms with van der Waals surface area (Å²) in [7, 11) is 0. The highest BCUT2D eigenvalue weighted by Crippen LogP contribution is 2.27. The van der Waals surface area contributed by atoms with Crippen molar-refractivity contribution < 1.29 is 9.59 Å². The second-order valence-electron chi connectivity index (χ2n) is 3.07. The van der Waals surface area contributed by atoms with Crippen LogP contribution in [0.5, 0.6) is 0 Å². The SMILES string of the molecule is CC(C)C(=O)C1CCSC1=O. The molecule has 0 bridgehead atoms. The quantitative estimate of drug-likeness (QED) is 0.592. The van der Waals surface area contributed by atoms with Crippen LogP contribution < -0.4 is 0 Å². The third kappa shape index (κ3) is 1.83. The monoisotopic (exact) mass is 172 g/mol. The van der Waals surface area contributed by atoms with Gasteiger partial charge in [0.15, 0.2) is 5.12 Å². The van der Waals surface area contributed by atoms with E-state index in [1.54, 1.807) is 0 Å². The first kappa shape index (κ1) is 8.78. The maximum absolute atomic E-state index is 11.3. The lowest BCUT2D eigenvalue weighted by molar-refractivity contribution is -0.130. The fraction of sp³-hybridized carbons (Fsp3) is 0.750. The molecule has 0 amide bonds. The number of hydrogen-bond acceptors (Lipinski definition) is 3. The Hall–Kier alpha value is -0.310. The van der Waals surface area contributed by atoms with Gasteiger partial charge in [0.1, 0.15) is 5.78 Å². The summed E-state index contributed by atoms with van der Waals surface area (Å²) in [6.07, 6.45) is 0.751. The lowest BCUT2D eigenvalue weighted by Crippen LogP contribution is -2.22. The molecule has 1 aliphatic rings. The Morgan fingerprint density at radius 2 is 2.27 bits per heavy atom. The van der Waals surface area contributed by atoms with Gasteiger partial charge in [-0.3, -0.25) is 9.59 Å². The summed E-state index contributed by atoms with van der Waals surface area (Å²) in [6.45, 7) is 3.69. The molecule has 1 fully saturated rings. The molecule has 1 aliphatic heterocycles. The van der Waals surface area contributed by atoms with E-state index in [9.17, 15) is 9.59 Å². The van der Waals surface area contributed by atoms with Gasteiger partial charge >= 0.3 is 0 Å². The summed E-state index contributed by atoms with van der Waals surface area (Å²) in [5.74, 6) is 0.643. The number of Topliss-reactive ketones (excluding diaryl/α,β-unsaturated/α-hetero) is 1.